The maximum atomic E-state index is 12.6. The highest BCUT2D eigenvalue weighted by atomic mass is 16.2. The number of nitrogens with zero attached hydrogens (tertiary/aromatic N) is 3. The van der Waals surface area contributed by atoms with Crippen molar-refractivity contribution in [3.05, 3.63) is 53.9 Å². The van der Waals surface area contributed by atoms with Gasteiger partial charge in [0.1, 0.15) is 0 Å². The van der Waals surface area contributed by atoms with Crippen LogP contribution in [0.3, 0.4) is 0 Å². The van der Waals surface area contributed by atoms with Crippen molar-refractivity contribution >= 4 is 17.3 Å². The van der Waals surface area contributed by atoms with Crippen molar-refractivity contribution in [1.82, 2.24) is 14.8 Å². The van der Waals surface area contributed by atoms with Gasteiger partial charge in [-0.25, -0.2) is 0 Å². The van der Waals surface area contributed by atoms with Crippen molar-refractivity contribution in [2.24, 2.45) is 0 Å². The number of nitrogens with one attached hydrogen (secondary N) is 1. The van der Waals surface area contributed by atoms with Crippen LogP contribution in [0.1, 0.15) is 15.9 Å². The SMILES string of the molecule is Cc1ccccc1Nc1cncc(C(=O)N2CCN(C)CC2)c1. The lowest BCUT2D eigenvalue weighted by Crippen LogP contribution is -2.47. The zero-order valence-corrected chi connectivity index (χ0v) is 13.6. The van der Waals surface area contributed by atoms with Gasteiger partial charge in [-0.3, -0.25) is 9.78 Å². The van der Waals surface area contributed by atoms with E-state index in [9.17, 15) is 4.79 Å². The number of hydrogen-bond donors (Lipinski definition) is 1. The molecule has 1 aromatic carbocycles. The van der Waals surface area contributed by atoms with Crippen LogP contribution in [0.4, 0.5) is 11.4 Å². The van der Waals surface area contributed by atoms with Gasteiger partial charge in [0.15, 0.2) is 0 Å². The second-order valence-electron chi connectivity index (χ2n) is 6.00. The van der Waals surface area contributed by atoms with Crippen LogP contribution in [-0.2, 0) is 0 Å². The van der Waals surface area contributed by atoms with E-state index in [1.54, 1.807) is 12.4 Å². The van der Waals surface area contributed by atoms with E-state index in [4.69, 9.17) is 0 Å². The van der Waals surface area contributed by atoms with Crippen molar-refractivity contribution < 1.29 is 4.79 Å². The molecule has 5 heteroatoms. The molecule has 1 aliphatic heterocycles. The number of piperazine rings is 1. The van der Waals surface area contributed by atoms with Crippen LogP contribution in [-0.4, -0.2) is 53.9 Å². The van der Waals surface area contributed by atoms with Crippen molar-refractivity contribution in [2.75, 3.05) is 38.5 Å². The number of pyridine rings is 1. The number of aromatic nitrogens is 1. The van der Waals surface area contributed by atoms with E-state index in [-0.39, 0.29) is 5.91 Å². The van der Waals surface area contributed by atoms with Crippen molar-refractivity contribution in [2.45, 2.75) is 6.92 Å². The largest absolute Gasteiger partial charge is 0.354 e. The van der Waals surface area contributed by atoms with E-state index in [2.05, 4.69) is 35.2 Å². The lowest BCUT2D eigenvalue weighted by atomic mass is 10.2. The predicted molar refractivity (Wildman–Crippen MR) is 92.1 cm³/mol. The van der Waals surface area contributed by atoms with E-state index in [0.29, 0.717) is 5.56 Å². The van der Waals surface area contributed by atoms with Crippen LogP contribution in [0.25, 0.3) is 0 Å². The van der Waals surface area contributed by atoms with E-state index in [0.717, 1.165) is 43.1 Å². The molecule has 1 aliphatic rings. The number of aryl methyl sites for hydroxylation is 1. The number of hydrogen-bond acceptors (Lipinski definition) is 4. The molecule has 0 atom stereocenters. The molecule has 5 nitrogen and oxygen atoms in total. The Kier molecular flexibility index (Phi) is 4.57. The van der Waals surface area contributed by atoms with Gasteiger partial charge in [-0.05, 0) is 31.7 Å². The van der Waals surface area contributed by atoms with Crippen LogP contribution in [0.15, 0.2) is 42.7 Å². The summed E-state index contributed by atoms with van der Waals surface area (Å²) in [6.07, 6.45) is 3.39. The van der Waals surface area contributed by atoms with Gasteiger partial charge < -0.3 is 15.1 Å². The first-order valence-electron chi connectivity index (χ1n) is 7.89. The number of amides is 1. The molecule has 0 aliphatic carbocycles. The highest BCUT2D eigenvalue weighted by Gasteiger charge is 2.20. The molecular weight excluding hydrogens is 288 g/mol. The fraction of sp³-hybridized carbons (Fsp3) is 0.333. The summed E-state index contributed by atoms with van der Waals surface area (Å²) < 4.78 is 0. The Morgan fingerprint density at radius 3 is 2.61 bits per heavy atom. The van der Waals surface area contributed by atoms with Gasteiger partial charge in [-0.2, -0.15) is 0 Å². The van der Waals surface area contributed by atoms with E-state index < -0.39 is 0 Å². The third-order valence-corrected chi connectivity index (χ3v) is 4.20. The molecule has 2 aromatic rings. The van der Waals surface area contributed by atoms with Gasteiger partial charge in [-0.1, -0.05) is 18.2 Å². The Morgan fingerprint density at radius 2 is 1.87 bits per heavy atom. The summed E-state index contributed by atoms with van der Waals surface area (Å²) in [4.78, 5) is 21.0. The third kappa shape index (κ3) is 3.68. The van der Waals surface area contributed by atoms with Crippen molar-refractivity contribution in [3.8, 4) is 0 Å². The van der Waals surface area contributed by atoms with Crippen LogP contribution in [0.2, 0.25) is 0 Å². The minimum absolute atomic E-state index is 0.0547. The quantitative estimate of drug-likeness (QED) is 0.946. The standard InChI is InChI=1S/C18H22N4O/c1-14-5-3-4-6-17(14)20-16-11-15(12-19-13-16)18(23)22-9-7-21(2)8-10-22/h3-6,11-13,20H,7-10H2,1-2H3. The monoisotopic (exact) mass is 310 g/mol. The highest BCUT2D eigenvalue weighted by molar-refractivity contribution is 5.95. The Balaban J connectivity index is 1.75. The van der Waals surface area contributed by atoms with Crippen LogP contribution in [0, 0.1) is 6.92 Å². The van der Waals surface area contributed by atoms with Crippen molar-refractivity contribution in [3.63, 3.8) is 0 Å². The lowest BCUT2D eigenvalue weighted by Gasteiger charge is -2.32. The fourth-order valence-corrected chi connectivity index (χ4v) is 2.69. The summed E-state index contributed by atoms with van der Waals surface area (Å²) in [7, 11) is 2.08. The maximum absolute atomic E-state index is 12.6. The predicted octanol–water partition coefficient (Wildman–Crippen LogP) is 2.52. The first kappa shape index (κ1) is 15.5. The molecule has 2 heterocycles. The topological polar surface area (TPSA) is 48.5 Å². The molecule has 3 rings (SSSR count). The van der Waals surface area contributed by atoms with Gasteiger partial charge >= 0.3 is 0 Å². The minimum Gasteiger partial charge on any atom is -0.354 e. The molecule has 1 N–H and O–H groups in total. The van der Waals surface area contributed by atoms with Gasteiger partial charge in [0.25, 0.3) is 5.91 Å². The molecule has 120 valence electrons. The number of rotatable bonds is 3. The second kappa shape index (κ2) is 6.79. The first-order chi connectivity index (χ1) is 11.1. The Hall–Kier alpha value is -2.40. The molecule has 0 radical (unpaired) electrons. The summed E-state index contributed by atoms with van der Waals surface area (Å²) in [5.41, 5.74) is 3.65. The lowest BCUT2D eigenvalue weighted by molar-refractivity contribution is 0.0663. The molecular formula is C18H22N4O. The number of carbonyl (C=O) groups is 1. The minimum atomic E-state index is 0.0547. The summed E-state index contributed by atoms with van der Waals surface area (Å²) in [5, 5.41) is 3.34. The molecule has 0 spiro atoms. The van der Waals surface area contributed by atoms with Crippen LogP contribution >= 0.6 is 0 Å². The number of likely N-dealkylation sites (N-methyl/N-ethyl adjacent to an activating group) is 1. The maximum Gasteiger partial charge on any atom is 0.255 e. The van der Waals surface area contributed by atoms with Gasteiger partial charge in [0, 0.05) is 38.1 Å². The fourth-order valence-electron chi connectivity index (χ4n) is 2.69. The van der Waals surface area contributed by atoms with Crippen LogP contribution in [0.5, 0.6) is 0 Å². The molecule has 0 unspecified atom stereocenters. The normalized spacial score (nSPS) is 15.5. The molecule has 1 amide bonds. The average Bonchev–Trinajstić information content (AvgIpc) is 2.57. The van der Waals surface area contributed by atoms with Gasteiger partial charge in [-0.15, -0.1) is 0 Å². The first-order valence-corrected chi connectivity index (χ1v) is 7.89. The second-order valence-corrected chi connectivity index (χ2v) is 6.00. The summed E-state index contributed by atoms with van der Waals surface area (Å²) in [6, 6.07) is 9.94. The highest BCUT2D eigenvalue weighted by Crippen LogP contribution is 2.20. The zero-order valence-electron chi connectivity index (χ0n) is 13.6. The van der Waals surface area contributed by atoms with E-state index in [1.807, 2.05) is 29.2 Å². The molecule has 1 fully saturated rings. The summed E-state index contributed by atoms with van der Waals surface area (Å²) >= 11 is 0. The third-order valence-electron chi connectivity index (χ3n) is 4.20. The van der Waals surface area contributed by atoms with E-state index in [1.165, 1.54) is 0 Å². The molecule has 0 bridgehead atoms. The van der Waals surface area contributed by atoms with Gasteiger partial charge in [0.05, 0.1) is 17.4 Å². The molecule has 1 aromatic heterocycles. The smallest absolute Gasteiger partial charge is 0.255 e. The summed E-state index contributed by atoms with van der Waals surface area (Å²) in [6.45, 7) is 5.42. The van der Waals surface area contributed by atoms with Crippen molar-refractivity contribution in [1.29, 1.82) is 0 Å². The summed E-state index contributed by atoms with van der Waals surface area (Å²) in [5.74, 6) is 0.0547. The zero-order chi connectivity index (χ0) is 16.2. The molecule has 1 saturated heterocycles. The Bertz CT molecular complexity index is 693. The number of anilines is 2. The number of para-hydroxylation sites is 1. The number of benzene rings is 1. The van der Waals surface area contributed by atoms with E-state index >= 15 is 0 Å². The molecule has 23 heavy (non-hydrogen) atoms. The molecule has 0 saturated carbocycles. The van der Waals surface area contributed by atoms with Crippen LogP contribution < -0.4 is 5.32 Å². The Labute approximate surface area is 136 Å². The van der Waals surface area contributed by atoms with Gasteiger partial charge in [0.2, 0.25) is 0 Å². The number of carbonyl (C=O) groups excluding carboxylic acids is 1. The Morgan fingerprint density at radius 1 is 1.13 bits per heavy atom. The average molecular weight is 310 g/mol.